The van der Waals surface area contributed by atoms with E-state index in [9.17, 15) is 4.79 Å². The minimum Gasteiger partial charge on any atom is -0.364 e. The molecule has 0 fully saturated rings. The van der Waals surface area contributed by atoms with Gasteiger partial charge in [-0.25, -0.2) is 0 Å². The van der Waals surface area contributed by atoms with Crippen molar-refractivity contribution in [2.24, 2.45) is 11.1 Å². The molecular weight excluding hydrogens is 338 g/mol. The summed E-state index contributed by atoms with van der Waals surface area (Å²) in [6.07, 6.45) is 5.77. The van der Waals surface area contributed by atoms with Crippen LogP contribution in [-0.2, 0) is 12.0 Å². The van der Waals surface area contributed by atoms with E-state index in [1.807, 2.05) is 6.92 Å². The van der Waals surface area contributed by atoms with E-state index >= 15 is 0 Å². The molecule has 0 spiro atoms. The summed E-state index contributed by atoms with van der Waals surface area (Å²) < 4.78 is 3.83. The number of hydrogen-bond donors (Lipinski definition) is 1. The van der Waals surface area contributed by atoms with Crippen molar-refractivity contribution >= 4 is 5.91 Å². The molecule has 27 heavy (non-hydrogen) atoms. The van der Waals surface area contributed by atoms with E-state index in [0.717, 1.165) is 30.6 Å². The maximum Gasteiger partial charge on any atom is 0.267 e. The number of nitrogens with two attached hydrogens (primary N) is 1. The molecule has 2 N–H and O–H groups in total. The molecule has 150 valence electrons. The van der Waals surface area contributed by atoms with Crippen LogP contribution in [0.3, 0.4) is 0 Å². The van der Waals surface area contributed by atoms with Gasteiger partial charge in [-0.1, -0.05) is 34.6 Å². The number of nitrogens with zero attached hydrogens (tertiary/aromatic N) is 4. The normalized spacial score (nSPS) is 13.8. The van der Waals surface area contributed by atoms with Crippen LogP contribution in [0.4, 0.5) is 0 Å². The van der Waals surface area contributed by atoms with E-state index < -0.39 is 5.91 Å². The summed E-state index contributed by atoms with van der Waals surface area (Å²) in [7, 11) is 0. The Kier molecular flexibility index (Phi) is 5.88. The molecule has 0 radical (unpaired) electrons. The topological polar surface area (TPSA) is 78.7 Å². The van der Waals surface area contributed by atoms with E-state index in [4.69, 9.17) is 10.8 Å². The molecule has 0 saturated carbocycles. The van der Waals surface area contributed by atoms with Gasteiger partial charge in [0.25, 0.3) is 5.91 Å². The number of carbonyl (C=O) groups excluding carboxylic acids is 1. The van der Waals surface area contributed by atoms with Crippen molar-refractivity contribution < 1.29 is 4.79 Å². The van der Waals surface area contributed by atoms with E-state index in [0.29, 0.717) is 5.69 Å². The summed E-state index contributed by atoms with van der Waals surface area (Å²) in [5, 5.41) is 9.10. The van der Waals surface area contributed by atoms with Crippen LogP contribution in [0.2, 0.25) is 0 Å². The molecular formula is C21H35N5O. The number of carbonyl (C=O) groups is 1. The molecule has 2 rings (SSSR count). The predicted octanol–water partition coefficient (Wildman–Crippen LogP) is 4.16. The second-order valence-electron chi connectivity index (χ2n) is 9.64. The average Bonchev–Trinajstić information content (AvgIpc) is 3.06. The Hall–Kier alpha value is -2.11. The van der Waals surface area contributed by atoms with Crippen molar-refractivity contribution in [3.63, 3.8) is 0 Å². The molecule has 2 aromatic rings. The molecule has 0 saturated heterocycles. The first kappa shape index (κ1) is 21.2. The molecule has 0 aliphatic heterocycles. The van der Waals surface area contributed by atoms with Crippen molar-refractivity contribution in [3.8, 4) is 0 Å². The number of aryl methyl sites for hydroxylation is 2. The van der Waals surface area contributed by atoms with Crippen LogP contribution < -0.4 is 5.73 Å². The van der Waals surface area contributed by atoms with Crippen LogP contribution in [0, 0.1) is 19.3 Å². The molecule has 0 bridgehead atoms. The summed E-state index contributed by atoms with van der Waals surface area (Å²) in [6, 6.07) is 0.102. The quantitative estimate of drug-likeness (QED) is 0.791. The van der Waals surface area contributed by atoms with Gasteiger partial charge in [-0.2, -0.15) is 10.2 Å². The zero-order chi connectivity index (χ0) is 20.6. The first-order chi connectivity index (χ1) is 12.3. The summed E-state index contributed by atoms with van der Waals surface area (Å²) >= 11 is 0. The molecule has 6 nitrogen and oxygen atoms in total. The van der Waals surface area contributed by atoms with Gasteiger partial charge in [0.1, 0.15) is 5.69 Å². The van der Waals surface area contributed by atoms with Gasteiger partial charge in [-0.05, 0) is 55.6 Å². The lowest BCUT2D eigenvalue weighted by Crippen LogP contribution is -2.23. The highest BCUT2D eigenvalue weighted by Crippen LogP contribution is 2.33. The fourth-order valence-corrected chi connectivity index (χ4v) is 3.67. The van der Waals surface area contributed by atoms with Gasteiger partial charge in [0.15, 0.2) is 0 Å². The largest absolute Gasteiger partial charge is 0.364 e. The Morgan fingerprint density at radius 2 is 1.85 bits per heavy atom. The Morgan fingerprint density at radius 3 is 2.41 bits per heavy atom. The van der Waals surface area contributed by atoms with Crippen LogP contribution in [0.25, 0.3) is 0 Å². The molecule has 0 aliphatic carbocycles. The Balaban J connectivity index is 2.14. The third-order valence-corrected chi connectivity index (χ3v) is 5.13. The lowest BCUT2D eigenvalue weighted by atomic mass is 9.80. The first-order valence-electron chi connectivity index (χ1n) is 9.70. The van der Waals surface area contributed by atoms with E-state index in [1.54, 1.807) is 10.9 Å². The fraction of sp³-hybridized carbons (Fsp3) is 0.667. The lowest BCUT2D eigenvalue weighted by Gasteiger charge is -2.26. The predicted molar refractivity (Wildman–Crippen MR) is 109 cm³/mol. The van der Waals surface area contributed by atoms with Crippen LogP contribution in [-0.4, -0.2) is 25.5 Å². The van der Waals surface area contributed by atoms with Gasteiger partial charge in [-0.15, -0.1) is 0 Å². The summed E-state index contributed by atoms with van der Waals surface area (Å²) in [6.45, 7) is 18.1. The van der Waals surface area contributed by atoms with Gasteiger partial charge in [0.05, 0.1) is 17.9 Å². The van der Waals surface area contributed by atoms with Crippen LogP contribution in [0.15, 0.2) is 12.4 Å². The third kappa shape index (κ3) is 4.99. The third-order valence-electron chi connectivity index (χ3n) is 5.13. The molecule has 6 heteroatoms. The number of amides is 1. The zero-order valence-electron chi connectivity index (χ0n) is 18.1. The van der Waals surface area contributed by atoms with Crippen LogP contribution in [0.1, 0.15) is 87.7 Å². The number of primary amides is 1. The molecule has 1 unspecified atom stereocenters. The lowest BCUT2D eigenvalue weighted by molar-refractivity contribution is 0.0986. The van der Waals surface area contributed by atoms with Crippen molar-refractivity contribution in [1.82, 2.24) is 19.6 Å². The van der Waals surface area contributed by atoms with Gasteiger partial charge in [0, 0.05) is 12.7 Å². The monoisotopic (exact) mass is 373 g/mol. The van der Waals surface area contributed by atoms with Crippen LogP contribution >= 0.6 is 0 Å². The summed E-state index contributed by atoms with van der Waals surface area (Å²) in [4.78, 5) is 11.7. The van der Waals surface area contributed by atoms with Gasteiger partial charge in [0.2, 0.25) is 0 Å². The smallest absolute Gasteiger partial charge is 0.267 e. The van der Waals surface area contributed by atoms with Crippen molar-refractivity contribution in [2.75, 3.05) is 0 Å². The van der Waals surface area contributed by atoms with E-state index in [-0.39, 0.29) is 16.9 Å². The maximum absolute atomic E-state index is 11.7. The highest BCUT2D eigenvalue weighted by atomic mass is 16.1. The molecule has 2 heterocycles. The highest BCUT2D eigenvalue weighted by Gasteiger charge is 2.27. The molecule has 1 amide bonds. The fourth-order valence-electron chi connectivity index (χ4n) is 3.67. The minimum absolute atomic E-state index is 0.0104. The number of rotatable bonds is 7. The molecule has 1 atom stereocenters. The second-order valence-corrected chi connectivity index (χ2v) is 9.64. The van der Waals surface area contributed by atoms with Gasteiger partial charge in [-0.3, -0.25) is 14.2 Å². The highest BCUT2D eigenvalue weighted by molar-refractivity contribution is 5.92. The van der Waals surface area contributed by atoms with Crippen molar-refractivity contribution in [3.05, 3.63) is 34.9 Å². The Bertz CT molecular complexity index is 807. The second kappa shape index (κ2) is 7.49. The summed E-state index contributed by atoms with van der Waals surface area (Å²) in [5.74, 6) is -0.421. The van der Waals surface area contributed by atoms with E-state index in [1.165, 1.54) is 5.56 Å². The molecule has 0 aromatic carbocycles. The minimum atomic E-state index is -0.421. The molecule has 2 aromatic heterocycles. The van der Waals surface area contributed by atoms with E-state index in [2.05, 4.69) is 64.4 Å². The standard InChI is InChI=1S/C21H35N5O/c1-14-11-23-26(18(14)19(22)27)15(2)9-10-21(7,8)17-12-25(24-16(17)3)13-20(4,5)6/h11-12,15H,9-10,13H2,1-8H3,(H2,22,27). The van der Waals surface area contributed by atoms with Crippen LogP contribution in [0.5, 0.6) is 0 Å². The van der Waals surface area contributed by atoms with Gasteiger partial charge < -0.3 is 5.73 Å². The Labute approximate surface area is 163 Å². The maximum atomic E-state index is 11.7. The van der Waals surface area contributed by atoms with Crippen molar-refractivity contribution in [2.45, 2.75) is 86.2 Å². The Morgan fingerprint density at radius 1 is 1.22 bits per heavy atom. The zero-order valence-corrected chi connectivity index (χ0v) is 18.1. The first-order valence-corrected chi connectivity index (χ1v) is 9.70. The van der Waals surface area contributed by atoms with Crippen molar-refractivity contribution in [1.29, 1.82) is 0 Å². The van der Waals surface area contributed by atoms with Gasteiger partial charge >= 0.3 is 0 Å². The summed E-state index contributed by atoms with van der Waals surface area (Å²) in [5.41, 5.74) is 9.42. The number of aromatic nitrogens is 4. The molecule has 0 aliphatic rings. The SMILES string of the molecule is Cc1cnn(C(C)CCC(C)(C)c2cn(CC(C)(C)C)nc2C)c1C(N)=O. The average molecular weight is 374 g/mol. The number of hydrogen-bond acceptors (Lipinski definition) is 3.